The maximum absolute atomic E-state index is 13.9. The average Bonchev–Trinajstić information content (AvgIpc) is 2.43. The van der Waals surface area contributed by atoms with Gasteiger partial charge in [0.15, 0.2) is 0 Å². The van der Waals surface area contributed by atoms with Crippen LogP contribution in [0.3, 0.4) is 0 Å². The van der Waals surface area contributed by atoms with Gasteiger partial charge >= 0.3 is 0 Å². The Kier molecular flexibility index (Phi) is 4.38. The molecule has 0 radical (unpaired) electrons. The molecular formula is C16H17BrFN. The molecule has 0 fully saturated rings. The normalized spacial score (nSPS) is 14.1. The number of nitrogens with two attached hydrogens (primary N) is 1. The van der Waals surface area contributed by atoms with Crippen LogP contribution >= 0.6 is 15.9 Å². The summed E-state index contributed by atoms with van der Waals surface area (Å²) in [7, 11) is 0. The van der Waals surface area contributed by atoms with E-state index in [0.717, 1.165) is 16.5 Å². The first-order chi connectivity index (χ1) is 9.05. The molecule has 3 heteroatoms. The molecule has 19 heavy (non-hydrogen) atoms. The van der Waals surface area contributed by atoms with Crippen molar-refractivity contribution >= 4 is 15.9 Å². The van der Waals surface area contributed by atoms with Crippen molar-refractivity contribution in [3.05, 3.63) is 69.9 Å². The Morgan fingerprint density at radius 2 is 1.84 bits per heavy atom. The first-order valence-electron chi connectivity index (χ1n) is 6.33. The van der Waals surface area contributed by atoms with Gasteiger partial charge in [-0.25, -0.2) is 4.39 Å². The fraction of sp³-hybridized carbons (Fsp3) is 0.250. The van der Waals surface area contributed by atoms with Crippen LogP contribution in [0.25, 0.3) is 0 Å². The minimum atomic E-state index is -0.532. The topological polar surface area (TPSA) is 26.0 Å². The molecule has 100 valence electrons. The maximum atomic E-state index is 13.9. The van der Waals surface area contributed by atoms with Crippen LogP contribution in [0, 0.1) is 5.82 Å². The summed E-state index contributed by atoms with van der Waals surface area (Å²) < 4.78 is 14.7. The predicted octanol–water partition coefficient (Wildman–Crippen LogP) is 4.39. The number of benzene rings is 2. The molecule has 2 aromatic carbocycles. The fourth-order valence-electron chi connectivity index (χ4n) is 2.21. The van der Waals surface area contributed by atoms with Gasteiger partial charge in [0, 0.05) is 10.0 Å². The maximum Gasteiger partial charge on any atom is 0.127 e. The number of rotatable bonds is 4. The zero-order valence-corrected chi connectivity index (χ0v) is 12.5. The summed E-state index contributed by atoms with van der Waals surface area (Å²) in [6.07, 6.45) is 1.25. The van der Waals surface area contributed by atoms with Crippen molar-refractivity contribution in [1.29, 1.82) is 0 Å². The molecule has 2 rings (SSSR count). The molecular weight excluding hydrogens is 305 g/mol. The quantitative estimate of drug-likeness (QED) is 0.887. The van der Waals surface area contributed by atoms with E-state index in [1.54, 1.807) is 6.07 Å². The van der Waals surface area contributed by atoms with Gasteiger partial charge in [-0.3, -0.25) is 0 Å². The molecule has 0 bridgehead atoms. The lowest BCUT2D eigenvalue weighted by Crippen LogP contribution is -2.38. The molecule has 1 nitrogen and oxygen atoms in total. The van der Waals surface area contributed by atoms with E-state index in [4.69, 9.17) is 5.73 Å². The molecule has 0 spiro atoms. The lowest BCUT2D eigenvalue weighted by molar-refractivity contribution is 0.416. The molecule has 0 aromatic heterocycles. The lowest BCUT2D eigenvalue weighted by Gasteiger charge is -2.29. The summed E-state index contributed by atoms with van der Waals surface area (Å²) in [6, 6.07) is 15.0. The van der Waals surface area contributed by atoms with Crippen LogP contribution in [0.2, 0.25) is 0 Å². The molecule has 2 N–H and O–H groups in total. The molecule has 0 aliphatic rings. The Labute approximate surface area is 121 Å². The van der Waals surface area contributed by atoms with Gasteiger partial charge in [-0.05, 0) is 36.1 Å². The van der Waals surface area contributed by atoms with Gasteiger partial charge in [0.05, 0.1) is 0 Å². The van der Waals surface area contributed by atoms with Crippen molar-refractivity contribution in [1.82, 2.24) is 0 Å². The number of halogens is 2. The first-order valence-corrected chi connectivity index (χ1v) is 7.13. The van der Waals surface area contributed by atoms with Crippen LogP contribution in [-0.4, -0.2) is 0 Å². The third-order valence-corrected chi connectivity index (χ3v) is 3.99. The SMILES string of the molecule is CCC(N)(Cc1ccc(Br)cc1F)c1ccccc1. The van der Waals surface area contributed by atoms with E-state index in [9.17, 15) is 4.39 Å². The molecule has 1 unspecified atom stereocenters. The Bertz CT molecular complexity index is 556. The largest absolute Gasteiger partial charge is 0.321 e. The summed E-state index contributed by atoms with van der Waals surface area (Å²) in [4.78, 5) is 0. The van der Waals surface area contributed by atoms with Crippen LogP contribution in [0.1, 0.15) is 24.5 Å². The zero-order chi connectivity index (χ0) is 13.9. The van der Waals surface area contributed by atoms with E-state index in [0.29, 0.717) is 12.0 Å². The minimum Gasteiger partial charge on any atom is -0.321 e. The fourth-order valence-corrected chi connectivity index (χ4v) is 2.54. The second-order valence-electron chi connectivity index (χ2n) is 4.79. The summed E-state index contributed by atoms with van der Waals surface area (Å²) in [6.45, 7) is 2.03. The Hall–Kier alpha value is -1.19. The van der Waals surface area contributed by atoms with Gasteiger partial charge in [0.2, 0.25) is 0 Å². The van der Waals surface area contributed by atoms with E-state index >= 15 is 0 Å². The minimum absolute atomic E-state index is 0.214. The molecule has 0 heterocycles. The van der Waals surface area contributed by atoms with Crippen molar-refractivity contribution in [3.63, 3.8) is 0 Å². The Balaban J connectivity index is 2.33. The molecule has 1 atom stereocenters. The monoisotopic (exact) mass is 321 g/mol. The Morgan fingerprint density at radius 1 is 1.16 bits per heavy atom. The smallest absolute Gasteiger partial charge is 0.127 e. The van der Waals surface area contributed by atoms with E-state index in [-0.39, 0.29) is 5.82 Å². The molecule has 0 amide bonds. The van der Waals surface area contributed by atoms with Crippen LogP contribution < -0.4 is 5.73 Å². The highest BCUT2D eigenvalue weighted by molar-refractivity contribution is 9.10. The van der Waals surface area contributed by atoms with Gasteiger partial charge in [0.25, 0.3) is 0 Å². The van der Waals surface area contributed by atoms with Gasteiger partial charge in [-0.2, -0.15) is 0 Å². The average molecular weight is 322 g/mol. The van der Waals surface area contributed by atoms with Crippen LogP contribution in [0.5, 0.6) is 0 Å². The van der Waals surface area contributed by atoms with Crippen LogP contribution in [0.15, 0.2) is 53.0 Å². The van der Waals surface area contributed by atoms with Crippen LogP contribution in [-0.2, 0) is 12.0 Å². The molecule has 0 saturated heterocycles. The third kappa shape index (κ3) is 3.23. The van der Waals surface area contributed by atoms with Gasteiger partial charge < -0.3 is 5.73 Å². The molecule has 0 aliphatic heterocycles. The van der Waals surface area contributed by atoms with E-state index < -0.39 is 5.54 Å². The molecule has 2 aromatic rings. The van der Waals surface area contributed by atoms with Crippen molar-refractivity contribution in [2.45, 2.75) is 25.3 Å². The predicted molar refractivity (Wildman–Crippen MR) is 80.4 cm³/mol. The highest BCUT2D eigenvalue weighted by Gasteiger charge is 2.26. The first kappa shape index (κ1) is 14.2. The summed E-state index contributed by atoms with van der Waals surface area (Å²) in [5.41, 5.74) is 7.64. The van der Waals surface area contributed by atoms with Crippen molar-refractivity contribution in [2.24, 2.45) is 5.73 Å². The van der Waals surface area contributed by atoms with Crippen LogP contribution in [0.4, 0.5) is 4.39 Å². The number of hydrogen-bond acceptors (Lipinski definition) is 1. The van der Waals surface area contributed by atoms with E-state index in [1.807, 2.05) is 43.3 Å². The highest BCUT2D eigenvalue weighted by Crippen LogP contribution is 2.28. The van der Waals surface area contributed by atoms with Crippen molar-refractivity contribution in [3.8, 4) is 0 Å². The summed E-state index contributed by atoms with van der Waals surface area (Å²) in [5.74, 6) is -0.214. The van der Waals surface area contributed by atoms with Crippen molar-refractivity contribution < 1.29 is 4.39 Å². The zero-order valence-electron chi connectivity index (χ0n) is 10.9. The van der Waals surface area contributed by atoms with Gasteiger partial charge in [0.1, 0.15) is 5.82 Å². The van der Waals surface area contributed by atoms with Gasteiger partial charge in [-0.15, -0.1) is 0 Å². The third-order valence-electron chi connectivity index (χ3n) is 3.50. The molecule has 0 aliphatic carbocycles. The highest BCUT2D eigenvalue weighted by atomic mass is 79.9. The lowest BCUT2D eigenvalue weighted by atomic mass is 9.82. The van der Waals surface area contributed by atoms with Crippen molar-refractivity contribution in [2.75, 3.05) is 0 Å². The second-order valence-corrected chi connectivity index (χ2v) is 5.70. The summed E-state index contributed by atoms with van der Waals surface area (Å²) in [5, 5.41) is 0. The van der Waals surface area contributed by atoms with Gasteiger partial charge in [-0.1, -0.05) is 59.3 Å². The number of hydrogen-bond donors (Lipinski definition) is 1. The van der Waals surface area contributed by atoms with E-state index in [2.05, 4.69) is 15.9 Å². The Morgan fingerprint density at radius 3 is 2.42 bits per heavy atom. The van der Waals surface area contributed by atoms with E-state index in [1.165, 1.54) is 6.07 Å². The second kappa shape index (κ2) is 5.85. The summed E-state index contributed by atoms with van der Waals surface area (Å²) >= 11 is 3.27. The molecule has 0 saturated carbocycles. The standard InChI is InChI=1S/C16H17BrFN/c1-2-16(19,13-6-4-3-5-7-13)11-12-8-9-14(17)10-15(12)18/h3-10H,2,11,19H2,1H3.